The Hall–Kier alpha value is -3.97. The molecule has 0 nitrogen and oxygen atoms in total. The van der Waals surface area contributed by atoms with Gasteiger partial charge in [-0.2, -0.15) is 0 Å². The van der Waals surface area contributed by atoms with Gasteiger partial charge in [0.25, 0.3) is 0 Å². The van der Waals surface area contributed by atoms with Crippen molar-refractivity contribution in [1.29, 1.82) is 0 Å². The zero-order valence-corrected chi connectivity index (χ0v) is 26.8. The molecular formula is C44H35V+. The van der Waals surface area contributed by atoms with Gasteiger partial charge in [-0.05, 0) is 0 Å². The van der Waals surface area contributed by atoms with E-state index in [0.29, 0.717) is 17.8 Å². The summed E-state index contributed by atoms with van der Waals surface area (Å²) in [6.45, 7) is 0. The van der Waals surface area contributed by atoms with Crippen molar-refractivity contribution in [3.05, 3.63) is 172 Å². The van der Waals surface area contributed by atoms with Crippen LogP contribution < -0.4 is 0 Å². The van der Waals surface area contributed by atoms with E-state index in [0.717, 1.165) is 6.42 Å². The molecule has 0 amide bonds. The number of fused-ring (bicyclic) bond motifs is 6. The van der Waals surface area contributed by atoms with Crippen LogP contribution in [0.2, 0.25) is 0 Å². The van der Waals surface area contributed by atoms with E-state index in [1.54, 1.807) is 16.7 Å². The van der Waals surface area contributed by atoms with Crippen molar-refractivity contribution in [3.8, 4) is 22.3 Å². The normalized spacial score (nSPS) is 21.2. The molecule has 3 unspecified atom stereocenters. The van der Waals surface area contributed by atoms with E-state index in [2.05, 4.69) is 149 Å². The summed E-state index contributed by atoms with van der Waals surface area (Å²) in [6, 6.07) is 43.4. The Bertz CT molecular complexity index is 2020. The third-order valence-electron chi connectivity index (χ3n) is 11.0. The molecule has 0 heterocycles. The van der Waals surface area contributed by atoms with Gasteiger partial charge in [-0.15, -0.1) is 0 Å². The van der Waals surface area contributed by atoms with Crippen LogP contribution >= 0.6 is 0 Å². The maximum atomic E-state index is 3.45. The molecule has 0 bridgehead atoms. The van der Waals surface area contributed by atoms with Gasteiger partial charge in [0.15, 0.2) is 0 Å². The molecule has 5 aromatic carbocycles. The molecule has 1 saturated carbocycles. The summed E-state index contributed by atoms with van der Waals surface area (Å²) in [4.78, 5) is 0. The molecule has 1 heteroatoms. The van der Waals surface area contributed by atoms with E-state index in [9.17, 15) is 0 Å². The number of allylic oxidation sites excluding steroid dienone is 4. The number of hydrogen-bond acceptors (Lipinski definition) is 0. The van der Waals surface area contributed by atoms with Gasteiger partial charge in [0, 0.05) is 0 Å². The van der Waals surface area contributed by atoms with Gasteiger partial charge in [-0.25, -0.2) is 0 Å². The van der Waals surface area contributed by atoms with E-state index < -0.39 is 0 Å². The van der Waals surface area contributed by atoms with Crippen molar-refractivity contribution in [1.82, 2.24) is 0 Å². The van der Waals surface area contributed by atoms with Gasteiger partial charge in [-0.1, -0.05) is 24.3 Å². The summed E-state index contributed by atoms with van der Waals surface area (Å²) in [5.41, 5.74) is 18.7. The first-order chi connectivity index (χ1) is 22.3. The molecule has 9 rings (SSSR count). The molecule has 0 N–H and O–H groups in total. The standard InChI is InChI=1S/C44H35.V/c1-28(25-29-13-3-2-4-14-29)26-31-27-40(33-18-8-7-17-32(31)33)39-24-12-22-37-38-23-11-21-35-34-19-9-10-20-36(34)44(43(35)38)41(42(37)39)30-15-5-6-16-30;/h2-4,7-14,17-24,26-27,30,40-41,44H,5-6,15-16,25H2;/q-1;+2. The first kappa shape index (κ1) is 27.4. The molecule has 1 fully saturated rings. The zero-order chi connectivity index (χ0) is 29.9. The quantitative estimate of drug-likeness (QED) is 0.167. The zero-order valence-electron chi connectivity index (χ0n) is 25.4. The topological polar surface area (TPSA) is 0 Å². The number of hydrogen-bond donors (Lipinski definition) is 0. The van der Waals surface area contributed by atoms with Gasteiger partial charge >= 0.3 is 253 Å². The van der Waals surface area contributed by atoms with Crippen LogP contribution in [-0.2, 0) is 23.4 Å². The average molecular weight is 615 g/mol. The molecule has 0 spiro atoms. The van der Waals surface area contributed by atoms with Gasteiger partial charge in [0.1, 0.15) is 0 Å². The molecule has 3 atom stereocenters. The molecule has 5 aromatic rings. The summed E-state index contributed by atoms with van der Waals surface area (Å²) < 4.78 is 3.45. The van der Waals surface area contributed by atoms with Gasteiger partial charge in [0.2, 0.25) is 0 Å². The van der Waals surface area contributed by atoms with Gasteiger partial charge in [0.05, 0.1) is 0 Å². The Morgan fingerprint density at radius 2 is 1.22 bits per heavy atom. The third kappa shape index (κ3) is 4.38. The fraction of sp³-hybridized carbons (Fsp3) is 0.205. The third-order valence-corrected chi connectivity index (χ3v) is 11.5. The molecule has 45 heavy (non-hydrogen) atoms. The fourth-order valence-corrected chi connectivity index (χ4v) is 9.49. The van der Waals surface area contributed by atoms with E-state index in [1.807, 2.05) is 0 Å². The Balaban J connectivity index is 1.24. The minimum absolute atomic E-state index is 0.233. The van der Waals surface area contributed by atoms with E-state index in [1.165, 1.54) is 81.3 Å². The van der Waals surface area contributed by atoms with Crippen LogP contribution in [0.4, 0.5) is 0 Å². The second kappa shape index (κ2) is 11.1. The van der Waals surface area contributed by atoms with Crippen LogP contribution in [0.1, 0.15) is 82.4 Å². The second-order valence-electron chi connectivity index (χ2n) is 13.3. The van der Waals surface area contributed by atoms with Crippen LogP contribution in [0.15, 0.2) is 133 Å². The van der Waals surface area contributed by atoms with Gasteiger partial charge in [-0.3, -0.25) is 0 Å². The SMILES string of the molecule is [V+2]=[C-]C(=CC1=CC(c2cccc3c2C(C2CCCC2)C2c4ccccc4-c4cccc-3c42)c2ccccc21)Cc1ccccc1. The molecule has 0 radical (unpaired) electrons. The van der Waals surface area contributed by atoms with Crippen molar-refractivity contribution in [2.45, 2.75) is 49.9 Å². The van der Waals surface area contributed by atoms with Crippen LogP contribution in [-0.4, -0.2) is 4.73 Å². The van der Waals surface area contributed by atoms with E-state index >= 15 is 0 Å². The Morgan fingerprint density at radius 1 is 0.622 bits per heavy atom. The average Bonchev–Trinajstić information content (AvgIpc) is 3.84. The molecule has 215 valence electrons. The summed E-state index contributed by atoms with van der Waals surface area (Å²) in [5.74, 6) is 1.88. The summed E-state index contributed by atoms with van der Waals surface area (Å²) in [7, 11) is 0. The van der Waals surface area contributed by atoms with Crippen molar-refractivity contribution < 1.29 is 17.0 Å². The Morgan fingerprint density at radius 3 is 2.00 bits per heavy atom. The predicted octanol–water partition coefficient (Wildman–Crippen LogP) is 10.7. The Labute approximate surface area is 276 Å². The fourth-order valence-electron chi connectivity index (χ4n) is 9.26. The number of rotatable bonds is 6. The molecular weight excluding hydrogens is 579 g/mol. The van der Waals surface area contributed by atoms with Crippen molar-refractivity contribution >= 4 is 10.3 Å². The molecule has 0 aliphatic heterocycles. The number of benzene rings is 5. The predicted molar refractivity (Wildman–Crippen MR) is 183 cm³/mol. The van der Waals surface area contributed by atoms with Crippen LogP contribution in [0, 0.1) is 5.92 Å². The minimum atomic E-state index is 0.233. The van der Waals surface area contributed by atoms with Crippen molar-refractivity contribution in [2.75, 3.05) is 0 Å². The molecule has 0 saturated heterocycles. The monoisotopic (exact) mass is 614 g/mol. The summed E-state index contributed by atoms with van der Waals surface area (Å²) in [5, 5.41) is 0. The summed E-state index contributed by atoms with van der Waals surface area (Å²) in [6.07, 6.45) is 11.2. The van der Waals surface area contributed by atoms with Crippen LogP contribution in [0.25, 0.3) is 27.8 Å². The molecule has 4 aliphatic rings. The molecule has 0 aromatic heterocycles. The van der Waals surface area contributed by atoms with Crippen LogP contribution in [0.3, 0.4) is 0 Å². The summed E-state index contributed by atoms with van der Waals surface area (Å²) >= 11 is 2.56. The first-order valence-corrected chi connectivity index (χ1v) is 17.3. The maximum absolute atomic E-state index is 3.45. The van der Waals surface area contributed by atoms with E-state index in [-0.39, 0.29) is 5.92 Å². The van der Waals surface area contributed by atoms with Gasteiger partial charge < -0.3 is 0 Å². The van der Waals surface area contributed by atoms with E-state index in [4.69, 9.17) is 0 Å². The van der Waals surface area contributed by atoms with Crippen molar-refractivity contribution in [2.24, 2.45) is 5.92 Å². The Kier molecular flexibility index (Phi) is 6.76. The first-order valence-electron chi connectivity index (χ1n) is 16.6. The van der Waals surface area contributed by atoms with Crippen molar-refractivity contribution in [3.63, 3.8) is 0 Å². The molecule has 4 aliphatic carbocycles. The second-order valence-corrected chi connectivity index (χ2v) is 13.7. The van der Waals surface area contributed by atoms with Crippen LogP contribution in [0.5, 0.6) is 0 Å².